The van der Waals surface area contributed by atoms with Crippen molar-refractivity contribution in [1.29, 1.82) is 0 Å². The molecule has 1 saturated carbocycles. The van der Waals surface area contributed by atoms with Crippen LogP contribution in [-0.2, 0) is 9.84 Å². The van der Waals surface area contributed by atoms with Crippen LogP contribution in [0.15, 0.2) is 0 Å². The third-order valence-electron chi connectivity index (χ3n) is 4.00. The lowest BCUT2D eigenvalue weighted by atomic mass is 10.0. The number of hydrogen-bond acceptors (Lipinski definition) is 3. The minimum Gasteiger partial charge on any atom is -0.310 e. The van der Waals surface area contributed by atoms with E-state index in [0.717, 1.165) is 32.1 Å². The highest BCUT2D eigenvalue weighted by molar-refractivity contribution is 7.91. The summed E-state index contributed by atoms with van der Waals surface area (Å²) in [5.41, 5.74) is 0. The largest absolute Gasteiger partial charge is 0.310 e. The maximum atomic E-state index is 11.8. The predicted molar refractivity (Wildman–Crippen MR) is 77.6 cm³/mol. The van der Waals surface area contributed by atoms with Crippen LogP contribution in [0.2, 0.25) is 0 Å². The van der Waals surface area contributed by atoms with Crippen molar-refractivity contribution in [2.24, 2.45) is 0 Å². The summed E-state index contributed by atoms with van der Waals surface area (Å²) in [6.45, 7) is 4.40. The fourth-order valence-electron chi connectivity index (χ4n) is 3.04. The van der Waals surface area contributed by atoms with Gasteiger partial charge in [0, 0.05) is 18.3 Å². The average Bonchev–Trinajstić information content (AvgIpc) is 2.74. The van der Waals surface area contributed by atoms with Crippen LogP contribution in [0.4, 0.5) is 0 Å². The summed E-state index contributed by atoms with van der Waals surface area (Å²) in [6, 6.07) is 0.690. The zero-order valence-electron chi connectivity index (χ0n) is 12.1. The van der Waals surface area contributed by atoms with Crippen LogP contribution in [0.25, 0.3) is 0 Å². The molecule has 4 heteroatoms. The molecule has 0 aliphatic heterocycles. The predicted octanol–water partition coefficient (Wildman–Crippen LogP) is 2.90. The average molecular weight is 275 g/mol. The van der Waals surface area contributed by atoms with Crippen molar-refractivity contribution >= 4 is 9.84 Å². The molecule has 3 nitrogen and oxygen atoms in total. The fraction of sp³-hybridized carbons (Fsp3) is 1.00. The maximum absolute atomic E-state index is 11.8. The van der Waals surface area contributed by atoms with E-state index in [1.165, 1.54) is 25.5 Å². The Balaban J connectivity index is 2.56. The van der Waals surface area contributed by atoms with E-state index in [1.807, 2.05) is 0 Å². The molecule has 0 heterocycles. The summed E-state index contributed by atoms with van der Waals surface area (Å²) in [6.07, 6.45) is 10.2. The summed E-state index contributed by atoms with van der Waals surface area (Å²) in [4.78, 5) is 0. The zero-order chi connectivity index (χ0) is 13.6. The number of rotatable bonds is 8. The molecule has 1 aliphatic carbocycles. The number of hydrogen-bond donors (Lipinski definition) is 1. The quantitative estimate of drug-likeness (QED) is 0.741. The Labute approximate surface area is 113 Å². The van der Waals surface area contributed by atoms with Crippen molar-refractivity contribution in [3.8, 4) is 0 Å². The van der Waals surface area contributed by atoms with Gasteiger partial charge in [-0.05, 0) is 25.7 Å². The molecule has 1 aliphatic rings. The minimum atomic E-state index is -2.90. The van der Waals surface area contributed by atoms with Crippen molar-refractivity contribution in [2.45, 2.75) is 82.5 Å². The highest BCUT2D eigenvalue weighted by Gasteiger charge is 2.35. The summed E-state index contributed by atoms with van der Waals surface area (Å²) >= 11 is 0. The molecule has 1 N–H and O–H groups in total. The van der Waals surface area contributed by atoms with Crippen LogP contribution in [0, 0.1) is 0 Å². The van der Waals surface area contributed by atoms with Crippen LogP contribution in [-0.4, -0.2) is 32.0 Å². The van der Waals surface area contributed by atoms with Crippen LogP contribution >= 0.6 is 0 Å². The fourth-order valence-corrected chi connectivity index (χ4v) is 4.45. The first-order valence-corrected chi connectivity index (χ1v) is 9.39. The number of sulfone groups is 1. The van der Waals surface area contributed by atoms with Gasteiger partial charge >= 0.3 is 0 Å². The Hall–Kier alpha value is -0.0900. The molecule has 0 radical (unpaired) electrons. The SMILES string of the molecule is CCCCC(CCC)NC1CCCC1S(C)(=O)=O. The second-order valence-electron chi connectivity index (χ2n) is 5.70. The third-order valence-corrected chi connectivity index (χ3v) is 5.66. The van der Waals surface area contributed by atoms with E-state index in [9.17, 15) is 8.42 Å². The van der Waals surface area contributed by atoms with E-state index in [1.54, 1.807) is 0 Å². The van der Waals surface area contributed by atoms with Crippen LogP contribution in [0.3, 0.4) is 0 Å². The normalized spacial score (nSPS) is 26.4. The minimum absolute atomic E-state index is 0.154. The third kappa shape index (κ3) is 4.88. The molecule has 0 saturated heterocycles. The lowest BCUT2D eigenvalue weighted by Gasteiger charge is -2.26. The Morgan fingerprint density at radius 1 is 1.17 bits per heavy atom. The summed E-state index contributed by atoms with van der Waals surface area (Å²) in [5, 5.41) is 3.47. The molecule has 0 amide bonds. The lowest BCUT2D eigenvalue weighted by molar-refractivity contribution is 0.380. The highest BCUT2D eigenvalue weighted by Crippen LogP contribution is 2.26. The molecule has 1 fully saturated rings. The number of unbranched alkanes of at least 4 members (excludes halogenated alkanes) is 1. The van der Waals surface area contributed by atoms with Gasteiger partial charge in [0.05, 0.1) is 5.25 Å². The molecule has 18 heavy (non-hydrogen) atoms. The summed E-state index contributed by atoms with van der Waals surface area (Å²) in [5.74, 6) is 0. The van der Waals surface area contributed by atoms with Gasteiger partial charge in [0.15, 0.2) is 9.84 Å². The molecule has 0 spiro atoms. The van der Waals surface area contributed by atoms with Gasteiger partial charge in [-0.15, -0.1) is 0 Å². The zero-order valence-corrected chi connectivity index (χ0v) is 12.9. The van der Waals surface area contributed by atoms with Crippen molar-refractivity contribution in [2.75, 3.05) is 6.26 Å². The molecule has 3 unspecified atom stereocenters. The van der Waals surface area contributed by atoms with Gasteiger partial charge in [-0.3, -0.25) is 0 Å². The van der Waals surface area contributed by atoms with Gasteiger partial charge in [0.1, 0.15) is 0 Å². The Kier molecular flexibility index (Phi) is 6.64. The summed E-state index contributed by atoms with van der Waals surface area (Å²) in [7, 11) is -2.90. The monoisotopic (exact) mass is 275 g/mol. The molecule has 108 valence electrons. The topological polar surface area (TPSA) is 46.2 Å². The van der Waals surface area contributed by atoms with Gasteiger partial charge in [0.2, 0.25) is 0 Å². The van der Waals surface area contributed by atoms with Gasteiger partial charge in [0.25, 0.3) is 0 Å². The Morgan fingerprint density at radius 3 is 2.44 bits per heavy atom. The van der Waals surface area contributed by atoms with E-state index in [0.29, 0.717) is 6.04 Å². The Bertz CT molecular complexity index is 327. The second-order valence-corrected chi connectivity index (χ2v) is 7.96. The number of nitrogens with one attached hydrogen (secondary N) is 1. The lowest BCUT2D eigenvalue weighted by Crippen LogP contribution is -2.45. The van der Waals surface area contributed by atoms with Gasteiger partial charge in [-0.1, -0.05) is 39.5 Å². The first kappa shape index (κ1) is 16.0. The van der Waals surface area contributed by atoms with E-state index in [4.69, 9.17) is 0 Å². The van der Waals surface area contributed by atoms with Crippen LogP contribution in [0.5, 0.6) is 0 Å². The van der Waals surface area contributed by atoms with Crippen molar-refractivity contribution in [3.05, 3.63) is 0 Å². The van der Waals surface area contributed by atoms with E-state index in [-0.39, 0.29) is 11.3 Å². The maximum Gasteiger partial charge on any atom is 0.151 e. The first-order valence-electron chi connectivity index (χ1n) is 7.44. The molecule has 0 aromatic rings. The molecule has 3 atom stereocenters. The van der Waals surface area contributed by atoms with Crippen molar-refractivity contribution < 1.29 is 8.42 Å². The van der Waals surface area contributed by atoms with Gasteiger partial charge in [-0.25, -0.2) is 8.42 Å². The Morgan fingerprint density at radius 2 is 1.89 bits per heavy atom. The van der Waals surface area contributed by atoms with Gasteiger partial charge < -0.3 is 5.32 Å². The van der Waals surface area contributed by atoms with Crippen molar-refractivity contribution in [3.63, 3.8) is 0 Å². The van der Waals surface area contributed by atoms with Crippen LogP contribution in [0.1, 0.15) is 65.2 Å². The first-order chi connectivity index (χ1) is 8.49. The molecule has 0 bridgehead atoms. The van der Waals surface area contributed by atoms with Gasteiger partial charge in [-0.2, -0.15) is 0 Å². The molecule has 0 aromatic carbocycles. The molecular weight excluding hydrogens is 246 g/mol. The highest BCUT2D eigenvalue weighted by atomic mass is 32.2. The van der Waals surface area contributed by atoms with E-state index < -0.39 is 9.84 Å². The smallest absolute Gasteiger partial charge is 0.151 e. The summed E-state index contributed by atoms with van der Waals surface area (Å²) < 4.78 is 23.5. The van der Waals surface area contributed by atoms with Crippen molar-refractivity contribution in [1.82, 2.24) is 5.32 Å². The molecule has 0 aromatic heterocycles. The second kappa shape index (κ2) is 7.49. The van der Waals surface area contributed by atoms with E-state index >= 15 is 0 Å². The van der Waals surface area contributed by atoms with E-state index in [2.05, 4.69) is 19.2 Å². The standard InChI is InChI=1S/C14H29NO2S/c1-4-6-9-12(8-5-2)15-13-10-7-11-14(13)18(3,16)17/h12-15H,4-11H2,1-3H3. The molecular formula is C14H29NO2S. The molecule has 1 rings (SSSR count). The van der Waals surface area contributed by atoms with Crippen LogP contribution < -0.4 is 5.32 Å².